The summed E-state index contributed by atoms with van der Waals surface area (Å²) in [5.41, 5.74) is 0.657. The van der Waals surface area contributed by atoms with E-state index in [0.29, 0.717) is 17.1 Å². The molecule has 0 radical (unpaired) electrons. The average Bonchev–Trinajstić information content (AvgIpc) is 2.27. The van der Waals surface area contributed by atoms with E-state index in [0.717, 1.165) is 0 Å². The molecule has 0 aromatic heterocycles. The van der Waals surface area contributed by atoms with Gasteiger partial charge in [-0.2, -0.15) is 0 Å². The van der Waals surface area contributed by atoms with Gasteiger partial charge < -0.3 is 9.47 Å². The molecule has 78 valence electrons. The van der Waals surface area contributed by atoms with E-state index in [2.05, 4.69) is 0 Å². The summed E-state index contributed by atoms with van der Waals surface area (Å²) in [6.45, 7) is -0.00678. The maximum Gasteiger partial charge on any atom is 0.284 e. The first-order valence-electron chi connectivity index (χ1n) is 4.37. The highest BCUT2D eigenvalue weighted by atomic mass is 16.6. The van der Waals surface area contributed by atoms with Crippen molar-refractivity contribution in [3.8, 4) is 11.5 Å². The van der Waals surface area contributed by atoms with Gasteiger partial charge in [0.25, 0.3) is 5.70 Å². The first kappa shape index (κ1) is 9.51. The number of benzene rings is 1. The summed E-state index contributed by atoms with van der Waals surface area (Å²) in [6, 6.07) is 5.27. The Bertz CT molecular complexity index is 439. The van der Waals surface area contributed by atoms with Crippen LogP contribution in [0.2, 0.25) is 0 Å². The predicted molar refractivity (Wildman–Crippen MR) is 53.5 cm³/mol. The van der Waals surface area contributed by atoms with Crippen LogP contribution in [0.15, 0.2) is 23.9 Å². The molecule has 0 aliphatic carbocycles. The fourth-order valence-corrected chi connectivity index (χ4v) is 1.44. The molecule has 0 unspecified atom stereocenters. The van der Waals surface area contributed by atoms with Gasteiger partial charge in [-0.05, 0) is 12.1 Å². The lowest BCUT2D eigenvalue weighted by Gasteiger charge is -2.15. The second-order valence-electron chi connectivity index (χ2n) is 3.05. The third-order valence-corrected chi connectivity index (χ3v) is 2.17. The molecule has 5 heteroatoms. The van der Waals surface area contributed by atoms with Crippen molar-refractivity contribution in [3.63, 3.8) is 0 Å². The van der Waals surface area contributed by atoms with Crippen molar-refractivity contribution < 1.29 is 14.4 Å². The first-order chi connectivity index (χ1) is 7.22. The highest BCUT2D eigenvalue weighted by Crippen LogP contribution is 2.33. The normalized spacial score (nSPS) is 13.5. The predicted octanol–water partition coefficient (Wildman–Crippen LogP) is 1.71. The van der Waals surface area contributed by atoms with Gasteiger partial charge in [0, 0.05) is 6.08 Å². The summed E-state index contributed by atoms with van der Waals surface area (Å²) in [7, 11) is 1.52. The molecule has 0 atom stereocenters. The molecule has 0 saturated heterocycles. The minimum Gasteiger partial charge on any atom is -0.496 e. The van der Waals surface area contributed by atoms with Gasteiger partial charge in [-0.25, -0.2) is 0 Å². The molecule has 15 heavy (non-hydrogen) atoms. The summed E-state index contributed by atoms with van der Waals surface area (Å²) in [5, 5.41) is 10.6. The van der Waals surface area contributed by atoms with Crippen LogP contribution in [-0.4, -0.2) is 18.6 Å². The third-order valence-electron chi connectivity index (χ3n) is 2.17. The van der Waals surface area contributed by atoms with Crippen LogP contribution >= 0.6 is 0 Å². The lowest BCUT2D eigenvalue weighted by molar-refractivity contribution is -0.427. The first-order valence-corrected chi connectivity index (χ1v) is 4.37. The van der Waals surface area contributed by atoms with Crippen LogP contribution in [-0.2, 0) is 0 Å². The molecule has 0 spiro atoms. The average molecular weight is 207 g/mol. The second-order valence-corrected chi connectivity index (χ2v) is 3.05. The zero-order valence-corrected chi connectivity index (χ0v) is 8.10. The number of methoxy groups -OCH3 is 1. The maximum atomic E-state index is 10.6. The molecule has 1 heterocycles. The van der Waals surface area contributed by atoms with Crippen molar-refractivity contribution in [1.82, 2.24) is 0 Å². The number of nitro groups is 1. The highest BCUT2D eigenvalue weighted by molar-refractivity contribution is 5.67. The number of hydrogen-bond donors (Lipinski definition) is 0. The molecule has 1 aliphatic heterocycles. The Balaban J connectivity index is 2.51. The van der Waals surface area contributed by atoms with Gasteiger partial charge in [0.15, 0.2) is 6.61 Å². The molecule has 0 N–H and O–H groups in total. The van der Waals surface area contributed by atoms with Crippen molar-refractivity contribution in [2.75, 3.05) is 13.7 Å². The van der Waals surface area contributed by atoms with Crippen LogP contribution in [0.25, 0.3) is 6.08 Å². The Morgan fingerprint density at radius 2 is 2.33 bits per heavy atom. The summed E-state index contributed by atoms with van der Waals surface area (Å²) >= 11 is 0. The topological polar surface area (TPSA) is 61.6 Å². The van der Waals surface area contributed by atoms with Crippen LogP contribution in [0.3, 0.4) is 0 Å². The number of rotatable bonds is 2. The molecule has 0 bridgehead atoms. The van der Waals surface area contributed by atoms with Gasteiger partial charge in [-0.15, -0.1) is 0 Å². The van der Waals surface area contributed by atoms with E-state index in [4.69, 9.17) is 9.47 Å². The second kappa shape index (κ2) is 3.61. The largest absolute Gasteiger partial charge is 0.496 e. The third kappa shape index (κ3) is 1.63. The van der Waals surface area contributed by atoms with Crippen molar-refractivity contribution >= 4 is 6.08 Å². The molecule has 1 aliphatic rings. The Morgan fingerprint density at radius 1 is 1.53 bits per heavy atom. The number of ether oxygens (including phenoxy) is 2. The lowest BCUT2D eigenvalue weighted by atomic mass is 10.1. The van der Waals surface area contributed by atoms with Crippen molar-refractivity contribution in [1.29, 1.82) is 0 Å². The molecular formula is C10H9NO4. The smallest absolute Gasteiger partial charge is 0.284 e. The molecule has 2 rings (SSSR count). The van der Waals surface area contributed by atoms with Crippen molar-refractivity contribution in [3.05, 3.63) is 39.6 Å². The molecule has 0 saturated carbocycles. The van der Waals surface area contributed by atoms with Crippen molar-refractivity contribution in [2.45, 2.75) is 0 Å². The van der Waals surface area contributed by atoms with E-state index >= 15 is 0 Å². The monoisotopic (exact) mass is 207 g/mol. The summed E-state index contributed by atoms with van der Waals surface area (Å²) in [6.07, 6.45) is 1.48. The van der Waals surface area contributed by atoms with E-state index in [-0.39, 0.29) is 12.3 Å². The fraction of sp³-hybridized carbons (Fsp3) is 0.200. The van der Waals surface area contributed by atoms with E-state index in [9.17, 15) is 10.1 Å². The van der Waals surface area contributed by atoms with Crippen LogP contribution in [0, 0.1) is 10.1 Å². The van der Waals surface area contributed by atoms with Crippen molar-refractivity contribution in [2.24, 2.45) is 0 Å². The van der Waals surface area contributed by atoms with Gasteiger partial charge in [0.05, 0.1) is 17.6 Å². The van der Waals surface area contributed by atoms with Gasteiger partial charge in [-0.3, -0.25) is 10.1 Å². The minimum absolute atomic E-state index is 0.00678. The van der Waals surface area contributed by atoms with Crippen LogP contribution in [0.5, 0.6) is 11.5 Å². The standard InChI is InChI=1S/C10H9NO4/c1-14-9-3-2-4-10-8(9)5-7(6-15-10)11(12)13/h2-5H,6H2,1H3. The van der Waals surface area contributed by atoms with Gasteiger partial charge in [0.1, 0.15) is 11.5 Å². The maximum absolute atomic E-state index is 10.6. The molecular weight excluding hydrogens is 198 g/mol. The number of hydrogen-bond acceptors (Lipinski definition) is 4. The molecule has 1 aromatic rings. The quantitative estimate of drug-likeness (QED) is 0.547. The van der Waals surface area contributed by atoms with Gasteiger partial charge in [0.2, 0.25) is 0 Å². The fourth-order valence-electron chi connectivity index (χ4n) is 1.44. The molecule has 1 aromatic carbocycles. The SMILES string of the molecule is COc1cccc2c1C=C([N+](=O)[O-])CO2. The summed E-state index contributed by atoms with van der Waals surface area (Å²) < 4.78 is 10.3. The highest BCUT2D eigenvalue weighted by Gasteiger charge is 2.21. The van der Waals surface area contributed by atoms with E-state index < -0.39 is 4.92 Å². The minimum atomic E-state index is -0.449. The lowest BCUT2D eigenvalue weighted by Crippen LogP contribution is -2.13. The summed E-state index contributed by atoms with van der Waals surface area (Å²) in [5.74, 6) is 1.19. The molecule has 0 fully saturated rings. The van der Waals surface area contributed by atoms with E-state index in [1.807, 2.05) is 0 Å². The Labute approximate surface area is 86.1 Å². The summed E-state index contributed by atoms with van der Waals surface area (Å²) in [4.78, 5) is 10.1. The van der Waals surface area contributed by atoms with Crippen LogP contribution < -0.4 is 9.47 Å². The zero-order chi connectivity index (χ0) is 10.8. The van der Waals surface area contributed by atoms with E-state index in [1.54, 1.807) is 18.2 Å². The number of nitrogens with zero attached hydrogens (tertiary/aromatic N) is 1. The van der Waals surface area contributed by atoms with Crippen LogP contribution in [0.4, 0.5) is 0 Å². The van der Waals surface area contributed by atoms with Crippen LogP contribution in [0.1, 0.15) is 5.56 Å². The van der Waals surface area contributed by atoms with Gasteiger partial charge in [-0.1, -0.05) is 6.07 Å². The molecule has 0 amide bonds. The Hall–Kier alpha value is -2.04. The Kier molecular flexibility index (Phi) is 2.29. The Morgan fingerprint density at radius 3 is 3.00 bits per heavy atom. The van der Waals surface area contributed by atoms with E-state index in [1.165, 1.54) is 13.2 Å². The zero-order valence-electron chi connectivity index (χ0n) is 8.10. The van der Waals surface area contributed by atoms with Gasteiger partial charge >= 0.3 is 0 Å². The molecule has 5 nitrogen and oxygen atoms in total. The number of fused-ring (bicyclic) bond motifs is 1.